The number of ether oxygens (including phenoxy) is 1. The number of aliphatic hydroxyl groups is 1. The smallest absolute Gasteiger partial charge is 0.491 e. The van der Waals surface area contributed by atoms with Crippen molar-refractivity contribution in [3.8, 4) is 5.75 Å². The van der Waals surface area contributed by atoms with E-state index in [4.69, 9.17) is 30.9 Å². The lowest BCUT2D eigenvalue weighted by molar-refractivity contribution is 0.0722. The fourth-order valence-corrected chi connectivity index (χ4v) is 2.67. The summed E-state index contributed by atoms with van der Waals surface area (Å²) in [4.78, 5) is 2.60. The van der Waals surface area contributed by atoms with Crippen molar-refractivity contribution in [1.29, 1.82) is 0 Å². The molecule has 7 heteroatoms. The van der Waals surface area contributed by atoms with E-state index in [1.807, 2.05) is 18.2 Å². The van der Waals surface area contributed by atoms with Crippen LogP contribution in [0, 0.1) is 0 Å². The van der Waals surface area contributed by atoms with E-state index in [2.05, 4.69) is 4.84 Å². The molecule has 0 amide bonds. The lowest BCUT2D eigenvalue weighted by atomic mass is 9.77. The Bertz CT molecular complexity index is 461. The molecule has 2 aliphatic heterocycles. The van der Waals surface area contributed by atoms with E-state index in [9.17, 15) is 0 Å². The standard InChI is InChI=1S/C12H15BClNO4/c14-15-6-11-9-2-1-3-10-12(9)13(19-11)18-8(4-5-16)7-17-10/h1-3,8,11,15-16H,4-7H2. The van der Waals surface area contributed by atoms with Crippen LogP contribution in [0.4, 0.5) is 0 Å². The SMILES string of the molecule is OCCC1COc2cccc3c2B(O1)OC3CNCl. The predicted molar refractivity (Wildman–Crippen MR) is 71.6 cm³/mol. The highest BCUT2D eigenvalue weighted by Gasteiger charge is 2.43. The summed E-state index contributed by atoms with van der Waals surface area (Å²) in [6.07, 6.45) is 0.216. The van der Waals surface area contributed by atoms with E-state index in [1.165, 1.54) is 0 Å². The van der Waals surface area contributed by atoms with Gasteiger partial charge in [-0.2, -0.15) is 0 Å². The first-order chi connectivity index (χ1) is 9.33. The second-order valence-corrected chi connectivity index (χ2v) is 4.90. The molecule has 0 radical (unpaired) electrons. The summed E-state index contributed by atoms with van der Waals surface area (Å²) in [5, 5.41) is 9.03. The Kier molecular flexibility index (Phi) is 3.95. The van der Waals surface area contributed by atoms with Crippen LogP contribution in [-0.4, -0.2) is 38.1 Å². The zero-order valence-electron chi connectivity index (χ0n) is 10.3. The first-order valence-electron chi connectivity index (χ1n) is 6.34. The molecular weight excluding hydrogens is 268 g/mol. The fraction of sp³-hybridized carbons (Fsp3) is 0.500. The van der Waals surface area contributed by atoms with Crippen molar-refractivity contribution in [1.82, 2.24) is 4.84 Å². The minimum Gasteiger partial charge on any atom is -0.491 e. The topological polar surface area (TPSA) is 60.0 Å². The number of benzene rings is 1. The van der Waals surface area contributed by atoms with Gasteiger partial charge in [-0.25, -0.2) is 4.84 Å². The number of rotatable bonds is 4. The lowest BCUT2D eigenvalue weighted by Crippen LogP contribution is -2.35. The van der Waals surface area contributed by atoms with Crippen LogP contribution in [-0.2, 0) is 9.31 Å². The molecule has 2 heterocycles. The highest BCUT2D eigenvalue weighted by atomic mass is 35.5. The second-order valence-electron chi connectivity index (χ2n) is 4.63. The first-order valence-corrected chi connectivity index (χ1v) is 6.72. The summed E-state index contributed by atoms with van der Waals surface area (Å²) in [6, 6.07) is 5.85. The van der Waals surface area contributed by atoms with Gasteiger partial charge < -0.3 is 19.2 Å². The summed E-state index contributed by atoms with van der Waals surface area (Å²) < 4.78 is 17.5. The molecule has 2 aliphatic rings. The summed E-state index contributed by atoms with van der Waals surface area (Å²) in [6.45, 7) is 0.994. The van der Waals surface area contributed by atoms with Gasteiger partial charge in [0, 0.05) is 18.6 Å². The fourth-order valence-electron chi connectivity index (χ4n) is 2.53. The van der Waals surface area contributed by atoms with Crippen LogP contribution >= 0.6 is 11.8 Å². The molecule has 0 spiro atoms. The van der Waals surface area contributed by atoms with Gasteiger partial charge in [0.05, 0.1) is 12.2 Å². The molecule has 0 saturated carbocycles. The van der Waals surface area contributed by atoms with Gasteiger partial charge >= 0.3 is 7.12 Å². The van der Waals surface area contributed by atoms with Crippen molar-refractivity contribution in [2.45, 2.75) is 18.6 Å². The molecule has 1 aromatic carbocycles. The van der Waals surface area contributed by atoms with Gasteiger partial charge in [0.1, 0.15) is 12.4 Å². The van der Waals surface area contributed by atoms with Gasteiger partial charge in [-0.05, 0) is 29.8 Å². The van der Waals surface area contributed by atoms with E-state index >= 15 is 0 Å². The van der Waals surface area contributed by atoms with E-state index in [1.54, 1.807) is 0 Å². The Morgan fingerprint density at radius 1 is 1.42 bits per heavy atom. The van der Waals surface area contributed by atoms with Crippen molar-refractivity contribution in [3.05, 3.63) is 23.8 Å². The van der Waals surface area contributed by atoms with Gasteiger partial charge in [0.15, 0.2) is 0 Å². The summed E-state index contributed by atoms with van der Waals surface area (Å²) in [7, 11) is -0.444. The van der Waals surface area contributed by atoms with E-state index in [-0.39, 0.29) is 18.8 Å². The number of halogens is 1. The number of aliphatic hydroxyl groups excluding tert-OH is 1. The van der Waals surface area contributed by atoms with Crippen LogP contribution in [0.2, 0.25) is 0 Å². The molecule has 3 rings (SSSR count). The van der Waals surface area contributed by atoms with E-state index < -0.39 is 7.12 Å². The maximum atomic E-state index is 9.03. The summed E-state index contributed by atoms with van der Waals surface area (Å²) in [5.74, 6) is 0.792. The molecule has 2 N–H and O–H groups in total. The van der Waals surface area contributed by atoms with Crippen molar-refractivity contribution >= 4 is 24.4 Å². The average molecular weight is 284 g/mol. The molecule has 0 aromatic heterocycles. The van der Waals surface area contributed by atoms with Crippen LogP contribution < -0.4 is 15.0 Å². The summed E-state index contributed by atoms with van der Waals surface area (Å²) in [5.41, 5.74) is 1.99. The highest BCUT2D eigenvalue weighted by Crippen LogP contribution is 2.31. The second kappa shape index (κ2) is 5.69. The minimum absolute atomic E-state index is 0.0661. The molecule has 102 valence electrons. The van der Waals surface area contributed by atoms with Gasteiger partial charge in [-0.1, -0.05) is 12.1 Å². The molecule has 5 nitrogen and oxygen atoms in total. The van der Waals surface area contributed by atoms with Crippen LogP contribution in [0.25, 0.3) is 0 Å². The molecule has 0 saturated heterocycles. The molecule has 0 bridgehead atoms. The van der Waals surface area contributed by atoms with Crippen molar-refractivity contribution in [2.24, 2.45) is 0 Å². The third kappa shape index (κ3) is 2.46. The third-order valence-electron chi connectivity index (χ3n) is 3.42. The molecule has 19 heavy (non-hydrogen) atoms. The van der Waals surface area contributed by atoms with Crippen LogP contribution in [0.5, 0.6) is 5.75 Å². The van der Waals surface area contributed by atoms with Crippen molar-refractivity contribution in [2.75, 3.05) is 19.8 Å². The quantitative estimate of drug-likeness (QED) is 0.617. The van der Waals surface area contributed by atoms with Gasteiger partial charge in [-0.3, -0.25) is 0 Å². The van der Waals surface area contributed by atoms with Crippen molar-refractivity contribution < 1.29 is 19.2 Å². The lowest BCUT2D eigenvalue weighted by Gasteiger charge is -2.18. The number of hydrogen-bond donors (Lipinski definition) is 2. The molecule has 0 aliphatic carbocycles. The predicted octanol–water partition coefficient (Wildman–Crippen LogP) is 0.356. The van der Waals surface area contributed by atoms with Crippen LogP contribution in [0.1, 0.15) is 18.1 Å². The Labute approximate surface area is 117 Å². The zero-order valence-corrected chi connectivity index (χ0v) is 11.1. The Morgan fingerprint density at radius 3 is 3.11 bits per heavy atom. The van der Waals surface area contributed by atoms with Crippen molar-refractivity contribution in [3.63, 3.8) is 0 Å². The third-order valence-corrected chi connectivity index (χ3v) is 3.58. The highest BCUT2D eigenvalue weighted by molar-refractivity contribution is 6.64. The molecule has 2 atom stereocenters. The largest absolute Gasteiger partial charge is 0.498 e. The average Bonchev–Trinajstić information content (AvgIpc) is 2.65. The monoisotopic (exact) mass is 283 g/mol. The number of nitrogens with one attached hydrogen (secondary N) is 1. The van der Waals surface area contributed by atoms with E-state index in [0.29, 0.717) is 19.6 Å². The Balaban J connectivity index is 1.90. The maximum absolute atomic E-state index is 9.03. The van der Waals surface area contributed by atoms with Crippen LogP contribution in [0.3, 0.4) is 0 Å². The molecule has 0 fully saturated rings. The van der Waals surface area contributed by atoms with Crippen LogP contribution in [0.15, 0.2) is 18.2 Å². The van der Waals surface area contributed by atoms with Gasteiger partial charge in [0.25, 0.3) is 0 Å². The Morgan fingerprint density at radius 2 is 2.32 bits per heavy atom. The zero-order chi connectivity index (χ0) is 13.2. The molecule has 2 unspecified atom stereocenters. The maximum Gasteiger partial charge on any atom is 0.498 e. The van der Waals surface area contributed by atoms with Gasteiger partial charge in [-0.15, -0.1) is 0 Å². The Hall–Kier alpha value is -0.785. The summed E-state index contributed by atoms with van der Waals surface area (Å²) >= 11 is 5.57. The van der Waals surface area contributed by atoms with E-state index in [0.717, 1.165) is 16.8 Å². The normalized spacial score (nSPS) is 24.8. The van der Waals surface area contributed by atoms with Gasteiger partial charge in [0.2, 0.25) is 0 Å². The minimum atomic E-state index is -0.444. The molecular formula is C12H15BClNO4. The number of hydrogen-bond acceptors (Lipinski definition) is 5. The molecule has 1 aromatic rings. The first kappa shape index (κ1) is 13.2.